The maximum absolute atomic E-state index is 9.48. The van der Waals surface area contributed by atoms with E-state index in [4.69, 9.17) is 0 Å². The van der Waals surface area contributed by atoms with Gasteiger partial charge in [0.25, 0.3) is 0 Å². The van der Waals surface area contributed by atoms with Crippen molar-refractivity contribution in [2.45, 2.75) is 13.3 Å². The van der Waals surface area contributed by atoms with Gasteiger partial charge in [0.15, 0.2) is 0 Å². The number of allylic oxidation sites excluding steroid dienone is 3. The highest BCUT2D eigenvalue weighted by molar-refractivity contribution is 5.82. The van der Waals surface area contributed by atoms with Crippen molar-refractivity contribution in [3.63, 3.8) is 0 Å². The van der Waals surface area contributed by atoms with Gasteiger partial charge in [0.1, 0.15) is 0 Å². The van der Waals surface area contributed by atoms with Crippen molar-refractivity contribution < 1.29 is 0 Å². The zero-order valence-electron chi connectivity index (χ0n) is 24.0. The maximum Gasteiger partial charge on any atom is 0.0764 e. The predicted molar refractivity (Wildman–Crippen MR) is 176 cm³/mol. The number of benzene rings is 5. The lowest BCUT2D eigenvalue weighted by atomic mass is 9.84. The molecular formula is C39H33N3. The van der Waals surface area contributed by atoms with Crippen molar-refractivity contribution in [3.05, 3.63) is 157 Å². The van der Waals surface area contributed by atoms with Crippen LogP contribution in [0.4, 0.5) is 22.7 Å². The normalized spacial score (nSPS) is 15.9. The third kappa shape index (κ3) is 5.61. The Morgan fingerprint density at radius 2 is 1.10 bits per heavy atom. The van der Waals surface area contributed by atoms with Gasteiger partial charge in [-0.1, -0.05) is 97.1 Å². The zero-order valence-corrected chi connectivity index (χ0v) is 24.0. The van der Waals surface area contributed by atoms with Crippen LogP contribution in [0.1, 0.15) is 13.3 Å². The van der Waals surface area contributed by atoms with E-state index in [2.05, 4.69) is 169 Å². The van der Waals surface area contributed by atoms with Gasteiger partial charge in [-0.2, -0.15) is 5.26 Å². The quantitative estimate of drug-likeness (QED) is 0.205. The van der Waals surface area contributed by atoms with Gasteiger partial charge in [-0.25, -0.2) is 0 Å². The Balaban J connectivity index is 1.39. The molecule has 0 aromatic heterocycles. The number of nitriles is 1. The van der Waals surface area contributed by atoms with E-state index in [1.165, 1.54) is 22.3 Å². The first-order chi connectivity index (χ1) is 20.5. The summed E-state index contributed by atoms with van der Waals surface area (Å²) in [5.41, 5.74) is 9.75. The fourth-order valence-electron chi connectivity index (χ4n) is 5.39. The molecule has 0 N–H and O–H groups in total. The second kappa shape index (κ2) is 11.6. The van der Waals surface area contributed by atoms with Crippen LogP contribution in [0, 0.1) is 16.7 Å². The molecule has 0 spiro atoms. The van der Waals surface area contributed by atoms with E-state index in [0.29, 0.717) is 6.42 Å². The summed E-state index contributed by atoms with van der Waals surface area (Å²) in [6.45, 7) is 1.97. The minimum atomic E-state index is -0.433. The van der Waals surface area contributed by atoms with E-state index in [1.807, 2.05) is 13.0 Å². The monoisotopic (exact) mass is 543 g/mol. The maximum atomic E-state index is 9.48. The summed E-state index contributed by atoms with van der Waals surface area (Å²) in [7, 11) is 2.07. The number of hydrogen-bond acceptors (Lipinski definition) is 3. The molecule has 0 fully saturated rings. The van der Waals surface area contributed by atoms with E-state index < -0.39 is 5.41 Å². The van der Waals surface area contributed by atoms with Crippen LogP contribution in [0.3, 0.4) is 0 Å². The molecule has 42 heavy (non-hydrogen) atoms. The van der Waals surface area contributed by atoms with Crippen LogP contribution in [0.5, 0.6) is 0 Å². The van der Waals surface area contributed by atoms with Gasteiger partial charge in [0.05, 0.1) is 11.5 Å². The first-order valence-electron chi connectivity index (χ1n) is 14.3. The molecule has 0 radical (unpaired) electrons. The standard InChI is InChI=1S/C39H33N3/c1-39(29-40)25-23-35(24-26-39)41(2)34-19-21-36(22-20-34)42(37-17-9-15-32(27-37)30-11-5-3-6-12-30)38-18-10-16-33(28-38)31-13-7-4-8-14-31/h3-25,27-28H,26H2,1-2H3. The van der Waals surface area contributed by atoms with Gasteiger partial charge in [-0.05, 0) is 90.2 Å². The smallest absolute Gasteiger partial charge is 0.0764 e. The third-order valence-corrected chi connectivity index (χ3v) is 7.92. The largest absolute Gasteiger partial charge is 0.345 e. The third-order valence-electron chi connectivity index (χ3n) is 7.92. The Hall–Kier alpha value is -5.33. The molecule has 1 unspecified atom stereocenters. The summed E-state index contributed by atoms with van der Waals surface area (Å²) in [5.74, 6) is 0. The van der Waals surface area contributed by atoms with E-state index in [-0.39, 0.29) is 0 Å². The summed E-state index contributed by atoms with van der Waals surface area (Å²) >= 11 is 0. The lowest BCUT2D eigenvalue weighted by Gasteiger charge is -2.29. The van der Waals surface area contributed by atoms with E-state index >= 15 is 0 Å². The van der Waals surface area contributed by atoms with Crippen LogP contribution in [-0.2, 0) is 0 Å². The fraction of sp³-hybridized carbons (Fsp3) is 0.103. The average Bonchev–Trinajstić information content (AvgIpc) is 3.06. The van der Waals surface area contributed by atoms with Gasteiger partial charge < -0.3 is 9.80 Å². The minimum Gasteiger partial charge on any atom is -0.345 e. The molecule has 0 saturated carbocycles. The molecule has 3 nitrogen and oxygen atoms in total. The van der Waals surface area contributed by atoms with E-state index in [1.54, 1.807) is 0 Å². The summed E-state index contributed by atoms with van der Waals surface area (Å²) in [6.07, 6.45) is 6.92. The number of nitrogens with zero attached hydrogens (tertiary/aromatic N) is 3. The highest BCUT2D eigenvalue weighted by atomic mass is 15.1. The van der Waals surface area contributed by atoms with Crippen molar-refractivity contribution in [2.75, 3.05) is 16.8 Å². The van der Waals surface area contributed by atoms with Crippen molar-refractivity contribution in [1.82, 2.24) is 0 Å². The van der Waals surface area contributed by atoms with Gasteiger partial charge in [0.2, 0.25) is 0 Å². The van der Waals surface area contributed by atoms with E-state index in [0.717, 1.165) is 28.4 Å². The highest BCUT2D eigenvalue weighted by Crippen LogP contribution is 2.39. The first kappa shape index (κ1) is 26.9. The Morgan fingerprint density at radius 1 is 0.595 bits per heavy atom. The molecule has 1 aliphatic carbocycles. The molecule has 0 bridgehead atoms. The predicted octanol–water partition coefficient (Wildman–Crippen LogP) is 10.3. The Labute approximate surface area is 248 Å². The fourth-order valence-corrected chi connectivity index (χ4v) is 5.39. The number of hydrogen-bond donors (Lipinski definition) is 0. The number of anilines is 4. The minimum absolute atomic E-state index is 0.433. The van der Waals surface area contributed by atoms with Crippen molar-refractivity contribution >= 4 is 22.7 Å². The summed E-state index contributed by atoms with van der Waals surface area (Å²) in [5, 5.41) is 9.48. The van der Waals surface area contributed by atoms with Gasteiger partial charge in [-0.3, -0.25) is 0 Å². The van der Waals surface area contributed by atoms with Gasteiger partial charge in [-0.15, -0.1) is 0 Å². The van der Waals surface area contributed by atoms with Crippen molar-refractivity contribution in [3.8, 4) is 28.3 Å². The number of rotatable bonds is 7. The van der Waals surface area contributed by atoms with Crippen molar-refractivity contribution in [1.29, 1.82) is 5.26 Å². The molecule has 5 aromatic rings. The van der Waals surface area contributed by atoms with Crippen LogP contribution in [0.15, 0.2) is 157 Å². The van der Waals surface area contributed by atoms with Crippen LogP contribution < -0.4 is 9.80 Å². The Kier molecular flexibility index (Phi) is 7.45. The van der Waals surface area contributed by atoms with Crippen LogP contribution in [0.2, 0.25) is 0 Å². The second-order valence-corrected chi connectivity index (χ2v) is 10.9. The van der Waals surface area contributed by atoms with Crippen LogP contribution in [-0.4, -0.2) is 7.05 Å². The molecule has 3 heteroatoms. The van der Waals surface area contributed by atoms with E-state index in [9.17, 15) is 5.26 Å². The lowest BCUT2D eigenvalue weighted by Crippen LogP contribution is -2.20. The summed E-state index contributed by atoms with van der Waals surface area (Å²) < 4.78 is 0. The molecule has 0 amide bonds. The van der Waals surface area contributed by atoms with Crippen molar-refractivity contribution in [2.24, 2.45) is 5.41 Å². The molecule has 5 aromatic carbocycles. The van der Waals surface area contributed by atoms with Crippen LogP contribution >= 0.6 is 0 Å². The zero-order chi connectivity index (χ0) is 28.9. The molecule has 0 aliphatic heterocycles. The molecule has 6 rings (SSSR count). The summed E-state index contributed by atoms with van der Waals surface area (Å²) in [6, 6.07) is 49.6. The molecule has 0 saturated heterocycles. The Bertz CT molecular complexity index is 1700. The van der Waals surface area contributed by atoms with Crippen LogP contribution in [0.25, 0.3) is 22.3 Å². The topological polar surface area (TPSA) is 30.3 Å². The molecule has 204 valence electrons. The molecule has 0 heterocycles. The highest BCUT2D eigenvalue weighted by Gasteiger charge is 2.23. The lowest BCUT2D eigenvalue weighted by molar-refractivity contribution is 0.568. The van der Waals surface area contributed by atoms with Gasteiger partial charge >= 0.3 is 0 Å². The molecular weight excluding hydrogens is 510 g/mol. The second-order valence-electron chi connectivity index (χ2n) is 10.9. The van der Waals surface area contributed by atoms with Gasteiger partial charge in [0, 0.05) is 35.5 Å². The molecule has 1 aliphatic rings. The summed E-state index contributed by atoms with van der Waals surface area (Å²) in [4.78, 5) is 4.49. The molecule has 1 atom stereocenters. The number of likely N-dealkylation sites (N-methyl/N-ethyl adjacent to an activating group) is 1. The Morgan fingerprint density at radius 3 is 1.57 bits per heavy atom. The SMILES string of the molecule is CN(C1=CCC(C)(C#N)C=C1)c1ccc(N(c2cccc(-c3ccccc3)c2)c2cccc(-c3ccccc3)c2)cc1. The average molecular weight is 544 g/mol. The first-order valence-corrected chi connectivity index (χ1v) is 14.3.